The summed E-state index contributed by atoms with van der Waals surface area (Å²) in [5.41, 5.74) is 36.4. The van der Waals surface area contributed by atoms with Crippen molar-refractivity contribution in [1.29, 1.82) is 10.8 Å². The molecule has 810 valence electrons. The van der Waals surface area contributed by atoms with E-state index in [2.05, 4.69) is 105 Å². The number of benzene rings is 3. The Balaban J connectivity index is 1.20. The molecule has 6 rings (SSSR count). The molecule has 1 aliphatic heterocycles. The Bertz CT molecular complexity index is 5120. The molecule has 15 unspecified atom stereocenters. The molecule has 52 heteroatoms. The van der Waals surface area contributed by atoms with Crippen LogP contribution in [-0.4, -0.2) is 333 Å². The Labute approximate surface area is 855 Å². The standard InChI is InChI=1S/C95H147N29O22S/c1-54(2)79(92(145)109-49-76(129)112-64(23-9-12-35-96)83(136)114-65(24-10-13-36-97)82(135)111-58(50-125)20-15-38-105-94(100)101)123-91(144)75-27-17-40-124(75)93(146)69(25-11-14-37-98)113-77(130)48-108-81(134)72(44-57-46-107-63-22-8-7-21-61(57)63)120-84(137)66(26-16-39-106-95(102)103)115-87(140)71(42-55-18-5-4-6-19-55)119-89(142)73(45-59-47-104-53-110-59)121-85(138)67(32-33-78(131)132)116-86(139)68(34-41-147-3)117-90(143)74(52-127)122-88(141)70(118-80(133)62(99)51-126)43-56-28-30-60(128)31-29-56/h4-8,18-19,21-22,28-31,46-47,53-54,58,62,64-75,79,107,125-128H,9-17,20,23-27,32-45,48-52,96-99H2,1-3H3,(H,104,110)(H,108,134)(H,109,145)(H,111,135)(H,112,129)(H,113,130)(H,114,136)(H,115,140)(H,116,139)(H,117,143)(H,118,133)(H,119,142)(H,120,137)(H,121,138)(H,122,141)(H,123,144)(H,131,132)(H4,100,101,105)(H4,102,103,106). The minimum absolute atomic E-state index is 0.00334. The van der Waals surface area contributed by atoms with E-state index >= 15 is 14.4 Å². The first-order chi connectivity index (χ1) is 70.3. The third-order valence-corrected chi connectivity index (χ3v) is 24.7. The SMILES string of the molecule is CSCCC(NC(=O)C(CO)NC(=O)C(Cc1ccc(O)cc1)NC(=O)C(N)CO)C(=O)NC(CCC(=O)O)C(=O)NC(Cc1cnc[nH]1)C(=O)NC(Cc1ccccc1)C(=O)NC(CCCNC(=N)N)C(=O)NC(Cc1c[nH]c2ccccc12)C(=O)NCC(=O)NC(CCCCN)C(=O)N1CCCC1C(=O)NC(C(=O)NCC(=O)NC(CCCCN)C(=O)NC(CCCCN)C(=O)NC(CO)CCCNC(=N)N)C(C)C. The van der Waals surface area contributed by atoms with Crippen LogP contribution >= 0.6 is 11.8 Å². The van der Waals surface area contributed by atoms with Crippen LogP contribution in [0.25, 0.3) is 10.9 Å². The number of guanidine groups is 2. The molecule has 3 heterocycles. The minimum Gasteiger partial charge on any atom is -0.508 e. The number of nitrogens with zero attached hydrogens (tertiary/aromatic N) is 2. The number of aromatic amines is 2. The average Bonchev–Trinajstić information content (AvgIpc) is 1.77. The number of fused-ring (bicyclic) bond motifs is 1. The number of para-hydroxylation sites is 1. The first kappa shape index (κ1) is 121. The van der Waals surface area contributed by atoms with E-state index in [0.717, 1.165) is 0 Å². The number of nitrogens with two attached hydrogens (primary N) is 6. The average molecular weight is 2080 g/mol. The van der Waals surface area contributed by atoms with Gasteiger partial charge in [0, 0.05) is 80.7 Å². The van der Waals surface area contributed by atoms with Gasteiger partial charge in [-0.15, -0.1) is 0 Å². The number of unbranched alkanes of at least 4 members (excludes halogenated alkanes) is 3. The predicted molar refractivity (Wildman–Crippen MR) is 543 cm³/mol. The molecule has 1 saturated heterocycles. The van der Waals surface area contributed by atoms with Crippen molar-refractivity contribution in [3.8, 4) is 5.75 Å². The number of aliphatic carboxylic acids is 1. The number of aromatic hydroxyl groups is 1. The highest BCUT2D eigenvalue weighted by Gasteiger charge is 2.42. The van der Waals surface area contributed by atoms with Crippen LogP contribution in [0, 0.1) is 16.7 Å². The molecule has 51 nitrogen and oxygen atoms in total. The fourth-order valence-corrected chi connectivity index (χ4v) is 16.4. The van der Waals surface area contributed by atoms with Gasteiger partial charge in [0.25, 0.3) is 0 Å². The van der Waals surface area contributed by atoms with Gasteiger partial charge in [0.05, 0.1) is 45.3 Å². The van der Waals surface area contributed by atoms with Crippen LogP contribution in [0.4, 0.5) is 0 Å². The molecule has 5 aromatic rings. The zero-order valence-corrected chi connectivity index (χ0v) is 83.8. The first-order valence-electron chi connectivity index (χ1n) is 49.0. The zero-order valence-electron chi connectivity index (χ0n) is 83.0. The van der Waals surface area contributed by atoms with Crippen LogP contribution in [0.1, 0.15) is 152 Å². The minimum atomic E-state index is -1.82. The molecule has 0 aliphatic carbocycles. The lowest BCUT2D eigenvalue weighted by Gasteiger charge is -2.30. The number of thioether (sulfide) groups is 1. The summed E-state index contributed by atoms with van der Waals surface area (Å²) in [5.74, 6) is -17.3. The number of carboxylic acids is 1. The van der Waals surface area contributed by atoms with Crippen LogP contribution in [0.5, 0.6) is 5.75 Å². The Morgan fingerprint density at radius 1 is 0.463 bits per heavy atom. The Morgan fingerprint density at radius 3 is 1.42 bits per heavy atom. The van der Waals surface area contributed by atoms with Crippen molar-refractivity contribution in [1.82, 2.24) is 110 Å². The van der Waals surface area contributed by atoms with Crippen molar-refractivity contribution in [3.63, 3.8) is 0 Å². The number of carboxylic acid groups (broad SMARTS) is 1. The highest BCUT2D eigenvalue weighted by Crippen LogP contribution is 2.24. The molecule has 1 fully saturated rings. The van der Waals surface area contributed by atoms with Gasteiger partial charge < -0.3 is 165 Å². The summed E-state index contributed by atoms with van der Waals surface area (Å²) in [4.78, 5) is 254. The Morgan fingerprint density at radius 2 is 0.912 bits per heavy atom. The van der Waals surface area contributed by atoms with E-state index in [0.29, 0.717) is 98.5 Å². The van der Waals surface area contributed by atoms with Gasteiger partial charge >= 0.3 is 5.97 Å². The molecule has 16 amide bonds. The number of amides is 16. The summed E-state index contributed by atoms with van der Waals surface area (Å²) in [6.07, 6.45) is 6.71. The predicted octanol–water partition coefficient (Wildman–Crippen LogP) is -7.12. The van der Waals surface area contributed by atoms with Gasteiger partial charge in [-0.2, -0.15) is 11.8 Å². The van der Waals surface area contributed by atoms with Gasteiger partial charge in [0.1, 0.15) is 90.3 Å². The lowest BCUT2D eigenvalue weighted by atomic mass is 10.0. The Kier molecular flexibility index (Phi) is 54.0. The van der Waals surface area contributed by atoms with E-state index in [1.165, 1.54) is 53.5 Å². The second kappa shape index (κ2) is 65.3. The maximum atomic E-state index is 15.3. The number of phenolic OH excluding ortho intramolecular Hbond substituents is 1. The number of carbonyl (C=O) groups excluding carboxylic acids is 16. The summed E-state index contributed by atoms with van der Waals surface area (Å²) in [5, 5.41) is 110. The lowest BCUT2D eigenvalue weighted by Crippen LogP contribution is -2.61. The third-order valence-electron chi connectivity index (χ3n) is 24.1. The van der Waals surface area contributed by atoms with E-state index in [-0.39, 0.29) is 114 Å². The fourth-order valence-electron chi connectivity index (χ4n) is 16.0. The molecule has 15 atom stereocenters. The highest BCUT2D eigenvalue weighted by molar-refractivity contribution is 7.98. The third kappa shape index (κ3) is 43.2. The number of hydrogen-bond donors (Lipinski definition) is 32. The molecular formula is C95H147N29O22S. The van der Waals surface area contributed by atoms with E-state index in [9.17, 15) is 92.7 Å². The number of rotatable bonds is 69. The normalized spacial score (nSPS) is 15.1. The Hall–Kier alpha value is -14.2. The molecular weight excluding hydrogens is 1930 g/mol. The molecule has 2 aromatic heterocycles. The number of likely N-dealkylation sites (tertiary alicyclic amines) is 1. The second-order valence-electron chi connectivity index (χ2n) is 35.9. The largest absolute Gasteiger partial charge is 0.508 e. The van der Waals surface area contributed by atoms with E-state index < -0.39 is 255 Å². The van der Waals surface area contributed by atoms with Crippen molar-refractivity contribution in [2.24, 2.45) is 40.3 Å². The number of hydrogen-bond acceptors (Lipinski definition) is 29. The maximum Gasteiger partial charge on any atom is 0.303 e. The molecule has 147 heavy (non-hydrogen) atoms. The van der Waals surface area contributed by atoms with Crippen LogP contribution in [0.2, 0.25) is 0 Å². The molecule has 1 aliphatic rings. The van der Waals surface area contributed by atoms with Crippen molar-refractivity contribution in [3.05, 3.63) is 120 Å². The second-order valence-corrected chi connectivity index (χ2v) is 36.9. The van der Waals surface area contributed by atoms with Gasteiger partial charge in [-0.3, -0.25) is 92.3 Å². The smallest absolute Gasteiger partial charge is 0.303 e. The van der Waals surface area contributed by atoms with Crippen LogP contribution in [-0.2, 0) is 107 Å². The number of nitrogens with one attached hydrogen (secondary N) is 21. The van der Waals surface area contributed by atoms with Crippen LogP contribution in [0.3, 0.4) is 0 Å². The quantitative estimate of drug-likeness (QED) is 0.00977. The van der Waals surface area contributed by atoms with Crippen molar-refractivity contribution >= 4 is 135 Å². The zero-order chi connectivity index (χ0) is 108. The van der Waals surface area contributed by atoms with Gasteiger partial charge in [-0.1, -0.05) is 74.5 Å². The lowest BCUT2D eigenvalue weighted by molar-refractivity contribution is -0.142. The van der Waals surface area contributed by atoms with Gasteiger partial charge in [0.15, 0.2) is 11.9 Å². The molecule has 0 bridgehead atoms. The summed E-state index contributed by atoms with van der Waals surface area (Å²) in [6.45, 7) is 0.535. The topological polar surface area (TPSA) is 847 Å². The number of H-pyrrole nitrogens is 2. The maximum absolute atomic E-state index is 15.3. The number of aliphatic hydroxyl groups excluding tert-OH is 3. The number of aromatic nitrogens is 3. The molecule has 3 aromatic carbocycles. The first-order valence-corrected chi connectivity index (χ1v) is 50.4. The number of aliphatic hydroxyl groups is 3. The fraction of sp³-hybridized carbons (Fsp3) is 0.558. The van der Waals surface area contributed by atoms with E-state index in [1.807, 2.05) is 0 Å². The van der Waals surface area contributed by atoms with Crippen LogP contribution in [0.15, 0.2) is 97.6 Å². The van der Waals surface area contributed by atoms with Gasteiger partial charge in [-0.25, -0.2) is 4.98 Å². The molecule has 0 spiro atoms. The van der Waals surface area contributed by atoms with Crippen molar-refractivity contribution in [2.75, 3.05) is 84.2 Å². The van der Waals surface area contributed by atoms with Gasteiger partial charge in [-0.05, 0) is 182 Å². The molecule has 0 radical (unpaired) electrons. The summed E-state index contributed by atoms with van der Waals surface area (Å²) >= 11 is 1.23. The van der Waals surface area contributed by atoms with Gasteiger partial charge in [0.2, 0.25) is 94.5 Å². The summed E-state index contributed by atoms with van der Waals surface area (Å²) < 4.78 is 0. The highest BCUT2D eigenvalue weighted by atomic mass is 32.2. The number of imidazole rings is 1. The van der Waals surface area contributed by atoms with Crippen molar-refractivity contribution < 1.29 is 107 Å². The van der Waals surface area contributed by atoms with Crippen LogP contribution < -0.4 is 125 Å². The summed E-state index contributed by atoms with van der Waals surface area (Å²) in [6, 6.07) is -0.825. The molecule has 0 saturated carbocycles. The van der Waals surface area contributed by atoms with Crippen molar-refractivity contribution in [2.45, 2.75) is 246 Å². The van der Waals surface area contributed by atoms with E-state index in [4.69, 9.17) is 45.2 Å². The summed E-state index contributed by atoms with van der Waals surface area (Å²) in [7, 11) is 0. The number of carbonyl (C=O) groups is 17. The number of phenols is 1. The monoisotopic (exact) mass is 2080 g/mol. The molecule has 38 N–H and O–H groups in total. The van der Waals surface area contributed by atoms with E-state index in [1.54, 1.807) is 80.9 Å².